The molecule has 2 aromatic heterocycles. The molecule has 0 aliphatic heterocycles. The van der Waals surface area contributed by atoms with Crippen LogP contribution in [-0.2, 0) is 4.79 Å². The fraction of sp³-hybridized carbons (Fsp3) is 0.467. The molecule has 0 fully saturated rings. The second kappa shape index (κ2) is 6.13. The summed E-state index contributed by atoms with van der Waals surface area (Å²) in [4.78, 5) is 27.9. The van der Waals surface area contributed by atoms with Crippen LogP contribution in [0, 0.1) is 19.8 Å². The van der Waals surface area contributed by atoms with Gasteiger partial charge in [-0.3, -0.25) is 4.79 Å². The number of rotatable bonds is 5. The third-order valence-corrected chi connectivity index (χ3v) is 3.86. The molecular weight excluding hydrogens is 284 g/mol. The summed E-state index contributed by atoms with van der Waals surface area (Å²) >= 11 is 0. The number of carbonyl (C=O) groups excluding carboxylic acids is 1. The van der Waals surface area contributed by atoms with E-state index in [0.29, 0.717) is 23.3 Å². The lowest BCUT2D eigenvalue weighted by Crippen LogP contribution is -2.45. The lowest BCUT2D eigenvalue weighted by Gasteiger charge is -2.20. The molecule has 0 saturated carbocycles. The largest absolute Gasteiger partial charge is 0.480 e. The van der Waals surface area contributed by atoms with Crippen LogP contribution in [-0.4, -0.2) is 37.6 Å². The first-order chi connectivity index (χ1) is 10.3. The Morgan fingerprint density at radius 1 is 1.41 bits per heavy atom. The van der Waals surface area contributed by atoms with Crippen molar-refractivity contribution in [1.82, 2.24) is 19.9 Å². The first kappa shape index (κ1) is 15.9. The smallest absolute Gasteiger partial charge is 0.326 e. The van der Waals surface area contributed by atoms with Crippen molar-refractivity contribution in [1.29, 1.82) is 0 Å². The van der Waals surface area contributed by atoms with Crippen molar-refractivity contribution in [3.05, 3.63) is 29.2 Å². The number of amides is 1. The number of hydrogen-bond acceptors (Lipinski definition) is 4. The molecule has 2 rings (SSSR count). The van der Waals surface area contributed by atoms with Crippen molar-refractivity contribution in [3.63, 3.8) is 0 Å². The van der Waals surface area contributed by atoms with Gasteiger partial charge < -0.3 is 10.4 Å². The Kier molecular flexibility index (Phi) is 4.44. The number of nitrogens with zero attached hydrogens (tertiary/aromatic N) is 3. The van der Waals surface area contributed by atoms with Gasteiger partial charge in [-0.1, -0.05) is 20.3 Å². The number of nitrogens with one attached hydrogen (secondary N) is 1. The monoisotopic (exact) mass is 304 g/mol. The Labute approximate surface area is 128 Å². The maximum atomic E-state index is 12.4. The van der Waals surface area contributed by atoms with Gasteiger partial charge in [0.25, 0.3) is 5.91 Å². The Balaban J connectivity index is 2.32. The molecule has 7 nitrogen and oxygen atoms in total. The molecule has 0 unspecified atom stereocenters. The molecule has 0 radical (unpaired) electrons. The molecule has 0 aliphatic rings. The van der Waals surface area contributed by atoms with E-state index in [1.54, 1.807) is 18.4 Å². The standard InChI is InChI=1S/C15H20N4O3/c1-5-8(2)13(15(21)22)17-14(20)11-7-16-12-6-9(3)18-19(12)10(11)4/h6-8,13H,5H2,1-4H3,(H,17,20)(H,21,22)/t8-,13-/m0/s1. The van der Waals surface area contributed by atoms with Crippen LogP contribution in [0.2, 0.25) is 0 Å². The highest BCUT2D eigenvalue weighted by Crippen LogP contribution is 2.13. The number of carbonyl (C=O) groups is 2. The molecule has 0 aliphatic carbocycles. The number of carboxylic acids is 1. The predicted octanol–water partition coefficient (Wildman–Crippen LogP) is 1.58. The van der Waals surface area contributed by atoms with Crippen molar-refractivity contribution in [2.24, 2.45) is 5.92 Å². The van der Waals surface area contributed by atoms with Gasteiger partial charge in [0.1, 0.15) is 6.04 Å². The highest BCUT2D eigenvalue weighted by atomic mass is 16.4. The second-order valence-corrected chi connectivity index (χ2v) is 5.49. The quantitative estimate of drug-likeness (QED) is 0.874. The van der Waals surface area contributed by atoms with Crippen LogP contribution in [0.1, 0.15) is 42.0 Å². The highest BCUT2D eigenvalue weighted by Gasteiger charge is 2.26. The summed E-state index contributed by atoms with van der Waals surface area (Å²) in [5.74, 6) is -1.65. The Bertz CT molecular complexity index is 723. The van der Waals surface area contributed by atoms with Crippen LogP contribution >= 0.6 is 0 Å². The van der Waals surface area contributed by atoms with E-state index in [9.17, 15) is 14.7 Å². The molecule has 1 amide bonds. The summed E-state index contributed by atoms with van der Waals surface area (Å²) < 4.78 is 1.59. The maximum Gasteiger partial charge on any atom is 0.326 e. The zero-order chi connectivity index (χ0) is 16.4. The molecule has 0 spiro atoms. The van der Waals surface area contributed by atoms with Crippen molar-refractivity contribution in [3.8, 4) is 0 Å². The first-order valence-electron chi connectivity index (χ1n) is 7.20. The van der Waals surface area contributed by atoms with Crippen molar-refractivity contribution in [2.45, 2.75) is 40.2 Å². The number of aromatic nitrogens is 3. The van der Waals surface area contributed by atoms with E-state index < -0.39 is 17.9 Å². The van der Waals surface area contributed by atoms with E-state index in [2.05, 4.69) is 15.4 Å². The van der Waals surface area contributed by atoms with Crippen LogP contribution in [0.4, 0.5) is 0 Å². The summed E-state index contributed by atoms with van der Waals surface area (Å²) in [7, 11) is 0. The minimum Gasteiger partial charge on any atom is -0.480 e. The molecule has 0 aromatic carbocycles. The van der Waals surface area contributed by atoms with Gasteiger partial charge in [0.15, 0.2) is 5.65 Å². The van der Waals surface area contributed by atoms with Gasteiger partial charge in [-0.15, -0.1) is 0 Å². The van der Waals surface area contributed by atoms with Crippen LogP contribution in [0.3, 0.4) is 0 Å². The average Bonchev–Trinajstić information content (AvgIpc) is 2.85. The summed E-state index contributed by atoms with van der Waals surface area (Å²) in [6.07, 6.45) is 2.11. The zero-order valence-corrected chi connectivity index (χ0v) is 13.1. The number of fused-ring (bicyclic) bond motifs is 1. The molecule has 0 saturated heterocycles. The molecular formula is C15H20N4O3. The molecule has 2 atom stereocenters. The van der Waals surface area contributed by atoms with E-state index in [1.807, 2.05) is 19.9 Å². The Hall–Kier alpha value is -2.44. The SMILES string of the molecule is CC[C@H](C)[C@H](NC(=O)c1cnc2cc(C)nn2c1C)C(=O)O. The molecule has 2 aromatic rings. The first-order valence-corrected chi connectivity index (χ1v) is 7.20. The summed E-state index contributed by atoms with van der Waals surface area (Å²) in [5.41, 5.74) is 2.41. The van der Waals surface area contributed by atoms with Gasteiger partial charge >= 0.3 is 5.97 Å². The van der Waals surface area contributed by atoms with Gasteiger partial charge in [0.2, 0.25) is 0 Å². The maximum absolute atomic E-state index is 12.4. The topological polar surface area (TPSA) is 96.6 Å². The van der Waals surface area contributed by atoms with E-state index in [-0.39, 0.29) is 5.92 Å². The summed E-state index contributed by atoms with van der Waals surface area (Å²) in [5, 5.41) is 16.1. The van der Waals surface area contributed by atoms with Crippen molar-refractivity contribution >= 4 is 17.5 Å². The zero-order valence-electron chi connectivity index (χ0n) is 13.1. The van der Waals surface area contributed by atoms with Gasteiger partial charge in [-0.2, -0.15) is 5.10 Å². The minimum absolute atomic E-state index is 0.162. The van der Waals surface area contributed by atoms with E-state index in [4.69, 9.17) is 0 Å². The Morgan fingerprint density at radius 3 is 2.68 bits per heavy atom. The second-order valence-electron chi connectivity index (χ2n) is 5.49. The van der Waals surface area contributed by atoms with Gasteiger partial charge in [-0.25, -0.2) is 14.3 Å². The van der Waals surface area contributed by atoms with Crippen molar-refractivity contribution in [2.75, 3.05) is 0 Å². The van der Waals surface area contributed by atoms with E-state index >= 15 is 0 Å². The fourth-order valence-corrected chi connectivity index (χ4v) is 2.29. The number of aryl methyl sites for hydroxylation is 2. The van der Waals surface area contributed by atoms with Crippen molar-refractivity contribution < 1.29 is 14.7 Å². The number of carboxylic acid groups (broad SMARTS) is 1. The average molecular weight is 304 g/mol. The van der Waals surface area contributed by atoms with Crippen LogP contribution in [0.15, 0.2) is 12.3 Å². The van der Waals surface area contributed by atoms with Gasteiger partial charge in [0.05, 0.1) is 17.0 Å². The van der Waals surface area contributed by atoms with Crippen LogP contribution in [0.5, 0.6) is 0 Å². The van der Waals surface area contributed by atoms with E-state index in [0.717, 1.165) is 5.69 Å². The molecule has 2 heterocycles. The van der Waals surface area contributed by atoms with Crippen LogP contribution in [0.25, 0.3) is 5.65 Å². The Morgan fingerprint density at radius 2 is 2.09 bits per heavy atom. The third kappa shape index (κ3) is 2.93. The molecule has 22 heavy (non-hydrogen) atoms. The normalized spacial score (nSPS) is 13.8. The molecule has 7 heteroatoms. The third-order valence-electron chi connectivity index (χ3n) is 3.86. The molecule has 2 N–H and O–H groups in total. The predicted molar refractivity (Wildman–Crippen MR) is 80.8 cm³/mol. The minimum atomic E-state index is -1.04. The molecule has 118 valence electrons. The van der Waals surface area contributed by atoms with Gasteiger partial charge in [-0.05, 0) is 19.8 Å². The lowest BCUT2D eigenvalue weighted by atomic mass is 9.99. The van der Waals surface area contributed by atoms with E-state index in [1.165, 1.54) is 6.20 Å². The summed E-state index contributed by atoms with van der Waals surface area (Å²) in [6, 6.07) is 0.889. The number of hydrogen-bond donors (Lipinski definition) is 2. The fourth-order valence-electron chi connectivity index (χ4n) is 2.29. The van der Waals surface area contributed by atoms with Gasteiger partial charge in [0, 0.05) is 12.3 Å². The highest BCUT2D eigenvalue weighted by molar-refractivity contribution is 5.97. The van der Waals surface area contributed by atoms with Crippen LogP contribution < -0.4 is 5.32 Å². The summed E-state index contributed by atoms with van der Waals surface area (Å²) in [6.45, 7) is 7.29. The number of aliphatic carboxylic acids is 1. The molecule has 0 bridgehead atoms. The lowest BCUT2D eigenvalue weighted by molar-refractivity contribution is -0.140.